The summed E-state index contributed by atoms with van der Waals surface area (Å²) in [5.41, 5.74) is 1.54. The predicted molar refractivity (Wildman–Crippen MR) is 80.1 cm³/mol. The maximum absolute atomic E-state index is 13.4. The Bertz CT molecular complexity index is 562. The van der Waals surface area contributed by atoms with Crippen LogP contribution in [-0.4, -0.2) is 5.11 Å². The van der Waals surface area contributed by atoms with Gasteiger partial charge in [-0.15, -0.1) is 0 Å². The molecule has 1 unspecified atom stereocenters. The van der Waals surface area contributed by atoms with E-state index in [4.69, 9.17) is 0 Å². The Labute approximate surface area is 120 Å². The summed E-state index contributed by atoms with van der Waals surface area (Å²) in [4.78, 5) is 0. The Balaban J connectivity index is 2.39. The molecule has 0 aliphatic carbocycles. The SMILES string of the molecule is CCCc1ccc(C(O)(CC)c2cccc(F)c2)cc1. The summed E-state index contributed by atoms with van der Waals surface area (Å²) < 4.78 is 13.4. The van der Waals surface area contributed by atoms with E-state index in [1.54, 1.807) is 12.1 Å². The lowest BCUT2D eigenvalue weighted by Crippen LogP contribution is -2.26. The minimum absolute atomic E-state index is 0.322. The van der Waals surface area contributed by atoms with Gasteiger partial charge < -0.3 is 5.11 Å². The van der Waals surface area contributed by atoms with E-state index in [1.165, 1.54) is 17.7 Å². The first-order valence-electron chi connectivity index (χ1n) is 7.18. The second-order valence-corrected chi connectivity index (χ2v) is 5.17. The van der Waals surface area contributed by atoms with Crippen molar-refractivity contribution < 1.29 is 9.50 Å². The zero-order valence-corrected chi connectivity index (χ0v) is 12.1. The van der Waals surface area contributed by atoms with Crippen molar-refractivity contribution in [3.63, 3.8) is 0 Å². The lowest BCUT2D eigenvalue weighted by Gasteiger charge is -2.28. The molecule has 2 rings (SSSR count). The average molecular weight is 272 g/mol. The van der Waals surface area contributed by atoms with Gasteiger partial charge in [0, 0.05) is 0 Å². The molecule has 106 valence electrons. The van der Waals surface area contributed by atoms with Crippen molar-refractivity contribution in [1.29, 1.82) is 0 Å². The molecule has 1 atom stereocenters. The number of aliphatic hydroxyl groups is 1. The number of hydrogen-bond donors (Lipinski definition) is 1. The van der Waals surface area contributed by atoms with Crippen LogP contribution in [0.5, 0.6) is 0 Å². The third kappa shape index (κ3) is 2.91. The fraction of sp³-hybridized carbons (Fsp3) is 0.333. The molecule has 0 spiro atoms. The zero-order chi connectivity index (χ0) is 14.6. The number of rotatable bonds is 5. The minimum atomic E-state index is -1.13. The van der Waals surface area contributed by atoms with Crippen LogP contribution in [0.4, 0.5) is 4.39 Å². The van der Waals surface area contributed by atoms with Gasteiger partial charge in [0.2, 0.25) is 0 Å². The van der Waals surface area contributed by atoms with Crippen LogP contribution in [0, 0.1) is 5.82 Å². The van der Waals surface area contributed by atoms with Crippen LogP contribution >= 0.6 is 0 Å². The fourth-order valence-corrected chi connectivity index (χ4v) is 2.56. The Morgan fingerprint density at radius 1 is 1.00 bits per heavy atom. The highest BCUT2D eigenvalue weighted by Gasteiger charge is 2.29. The van der Waals surface area contributed by atoms with Crippen LogP contribution < -0.4 is 0 Å². The number of benzene rings is 2. The maximum atomic E-state index is 13.4. The summed E-state index contributed by atoms with van der Waals surface area (Å²) in [6, 6.07) is 14.2. The summed E-state index contributed by atoms with van der Waals surface area (Å²) in [6.45, 7) is 4.05. The van der Waals surface area contributed by atoms with Gasteiger partial charge in [0.1, 0.15) is 11.4 Å². The highest BCUT2D eigenvalue weighted by Crippen LogP contribution is 2.33. The molecule has 2 heteroatoms. The molecule has 0 aliphatic heterocycles. The van der Waals surface area contributed by atoms with Crippen LogP contribution in [-0.2, 0) is 12.0 Å². The highest BCUT2D eigenvalue weighted by molar-refractivity contribution is 5.37. The van der Waals surface area contributed by atoms with Crippen molar-refractivity contribution in [1.82, 2.24) is 0 Å². The number of aryl methyl sites for hydroxylation is 1. The molecule has 0 fully saturated rings. The Morgan fingerprint density at radius 3 is 2.25 bits per heavy atom. The van der Waals surface area contributed by atoms with Crippen LogP contribution in [0.25, 0.3) is 0 Å². The molecule has 0 heterocycles. The lowest BCUT2D eigenvalue weighted by atomic mass is 9.83. The number of hydrogen-bond acceptors (Lipinski definition) is 1. The van der Waals surface area contributed by atoms with Crippen molar-refractivity contribution in [3.05, 3.63) is 71.0 Å². The van der Waals surface area contributed by atoms with Crippen LogP contribution in [0.3, 0.4) is 0 Å². The Kier molecular flexibility index (Phi) is 4.56. The molecule has 0 radical (unpaired) electrons. The molecule has 2 aromatic carbocycles. The van der Waals surface area contributed by atoms with Crippen molar-refractivity contribution in [2.75, 3.05) is 0 Å². The van der Waals surface area contributed by atoms with Crippen molar-refractivity contribution in [2.24, 2.45) is 0 Å². The van der Waals surface area contributed by atoms with E-state index >= 15 is 0 Å². The molecule has 0 aliphatic rings. The first-order valence-corrected chi connectivity index (χ1v) is 7.18. The molecule has 1 N–H and O–H groups in total. The van der Waals surface area contributed by atoms with E-state index in [2.05, 4.69) is 6.92 Å². The van der Waals surface area contributed by atoms with Gasteiger partial charge in [-0.3, -0.25) is 0 Å². The van der Waals surface area contributed by atoms with Crippen LogP contribution in [0.2, 0.25) is 0 Å². The smallest absolute Gasteiger partial charge is 0.123 e. The maximum Gasteiger partial charge on any atom is 0.123 e. The van der Waals surface area contributed by atoms with Crippen molar-refractivity contribution in [2.45, 2.75) is 38.7 Å². The van der Waals surface area contributed by atoms with E-state index in [-0.39, 0.29) is 5.82 Å². The second kappa shape index (κ2) is 6.19. The minimum Gasteiger partial charge on any atom is -0.380 e. The van der Waals surface area contributed by atoms with Gasteiger partial charge in [-0.25, -0.2) is 4.39 Å². The number of halogens is 1. The summed E-state index contributed by atoms with van der Waals surface area (Å²) in [5, 5.41) is 10.9. The predicted octanol–water partition coefficient (Wildman–Crippen LogP) is 4.42. The molecule has 0 saturated heterocycles. The summed E-state index contributed by atoms with van der Waals surface area (Å²) >= 11 is 0. The van der Waals surface area contributed by atoms with Gasteiger partial charge in [-0.05, 0) is 41.7 Å². The molecule has 1 nitrogen and oxygen atoms in total. The van der Waals surface area contributed by atoms with Gasteiger partial charge in [0.05, 0.1) is 0 Å². The first-order chi connectivity index (χ1) is 9.60. The Morgan fingerprint density at radius 2 is 1.70 bits per heavy atom. The highest BCUT2D eigenvalue weighted by atomic mass is 19.1. The molecular weight excluding hydrogens is 251 g/mol. The van der Waals surface area contributed by atoms with E-state index in [9.17, 15) is 9.50 Å². The van der Waals surface area contributed by atoms with E-state index in [1.807, 2.05) is 31.2 Å². The van der Waals surface area contributed by atoms with Gasteiger partial charge in [0.15, 0.2) is 0 Å². The van der Waals surface area contributed by atoms with E-state index in [0.29, 0.717) is 12.0 Å². The average Bonchev–Trinajstić information content (AvgIpc) is 2.47. The topological polar surface area (TPSA) is 20.2 Å². The molecule has 0 saturated carbocycles. The zero-order valence-electron chi connectivity index (χ0n) is 12.1. The summed E-state index contributed by atoms with van der Waals surface area (Å²) in [6.07, 6.45) is 2.63. The summed E-state index contributed by atoms with van der Waals surface area (Å²) in [5.74, 6) is -0.322. The van der Waals surface area contributed by atoms with Gasteiger partial charge >= 0.3 is 0 Å². The van der Waals surface area contributed by atoms with Gasteiger partial charge in [0.25, 0.3) is 0 Å². The fourth-order valence-electron chi connectivity index (χ4n) is 2.56. The van der Waals surface area contributed by atoms with Crippen molar-refractivity contribution >= 4 is 0 Å². The summed E-state index contributed by atoms with van der Waals surface area (Å²) in [7, 11) is 0. The second-order valence-electron chi connectivity index (χ2n) is 5.17. The lowest BCUT2D eigenvalue weighted by molar-refractivity contribution is 0.0762. The van der Waals surface area contributed by atoms with Gasteiger partial charge in [-0.1, -0.05) is 56.7 Å². The third-order valence-corrected chi connectivity index (χ3v) is 3.78. The first kappa shape index (κ1) is 14.7. The monoisotopic (exact) mass is 272 g/mol. The molecule has 0 aromatic heterocycles. The quantitative estimate of drug-likeness (QED) is 0.854. The van der Waals surface area contributed by atoms with Crippen LogP contribution in [0.1, 0.15) is 43.4 Å². The van der Waals surface area contributed by atoms with Crippen molar-refractivity contribution in [3.8, 4) is 0 Å². The molecule has 0 amide bonds. The normalized spacial score (nSPS) is 14.0. The van der Waals surface area contributed by atoms with E-state index in [0.717, 1.165) is 18.4 Å². The van der Waals surface area contributed by atoms with Crippen LogP contribution in [0.15, 0.2) is 48.5 Å². The largest absolute Gasteiger partial charge is 0.380 e. The molecule has 0 bridgehead atoms. The third-order valence-electron chi connectivity index (χ3n) is 3.78. The van der Waals surface area contributed by atoms with Gasteiger partial charge in [-0.2, -0.15) is 0 Å². The van der Waals surface area contributed by atoms with E-state index < -0.39 is 5.60 Å². The Hall–Kier alpha value is -1.67. The standard InChI is InChI=1S/C18H21FO/c1-3-6-14-9-11-15(12-10-14)18(20,4-2)16-7-5-8-17(19)13-16/h5,7-13,20H,3-4,6H2,1-2H3. The molecule has 20 heavy (non-hydrogen) atoms. The molecule has 2 aromatic rings. The molecular formula is C18H21FO.